The number of thioether (sulfide) groups is 1. The Labute approximate surface area is 298 Å². The number of halogens is 5. The largest absolute Gasteiger partial charge is 0.483 e. The van der Waals surface area contributed by atoms with Gasteiger partial charge < -0.3 is 15.0 Å². The maximum atomic E-state index is 14.1. The monoisotopic (exact) mass is 789 g/mol. The number of carbonyl (C=O) groups is 3. The standard InChI is InChI=1S/C34H24BrClF3N3O5S2/c35-14-5-10-22(47-13-23(43)40-16-8-6-15(36)7-9-16)17(11-14)24-25-18-12-19(28(25)48-30-29(24)49-33(46)41-30)27-26(18)31(44)42(32(27)45)21-4-2-1-3-20(21)34(37,38)39/h1-11,18-19,24-28H,12-13H2,(H,40,43)(H,41,46)/t18-,19-,24-,25?,26?,27?,28?/m1/s1. The van der Waals surface area contributed by atoms with E-state index in [9.17, 15) is 32.3 Å². The predicted octanol–water partition coefficient (Wildman–Crippen LogP) is 7.57. The minimum atomic E-state index is -4.76. The van der Waals surface area contributed by atoms with Gasteiger partial charge in [-0.25, -0.2) is 4.90 Å². The summed E-state index contributed by atoms with van der Waals surface area (Å²) >= 11 is 12.0. The van der Waals surface area contributed by atoms with Crippen molar-refractivity contribution in [3.8, 4) is 5.75 Å². The molecule has 3 heterocycles. The van der Waals surface area contributed by atoms with Crippen molar-refractivity contribution in [2.24, 2.45) is 29.6 Å². The van der Waals surface area contributed by atoms with E-state index in [0.717, 1.165) is 31.7 Å². The van der Waals surface area contributed by atoms with Crippen LogP contribution in [-0.4, -0.2) is 34.6 Å². The highest BCUT2D eigenvalue weighted by Gasteiger charge is 2.70. The fourth-order valence-corrected chi connectivity index (χ4v) is 11.7. The van der Waals surface area contributed by atoms with Gasteiger partial charge in [-0.1, -0.05) is 51.0 Å². The molecule has 49 heavy (non-hydrogen) atoms. The molecular weight excluding hydrogens is 767 g/mol. The molecule has 3 fully saturated rings. The summed E-state index contributed by atoms with van der Waals surface area (Å²) in [6.07, 6.45) is -4.21. The van der Waals surface area contributed by atoms with Crippen LogP contribution in [0.5, 0.6) is 5.75 Å². The molecule has 4 unspecified atom stereocenters. The first-order valence-electron chi connectivity index (χ1n) is 15.3. The second kappa shape index (κ2) is 12.0. The number of anilines is 2. The number of amides is 3. The Bertz CT molecular complexity index is 2090. The van der Waals surface area contributed by atoms with Crippen LogP contribution in [0.3, 0.4) is 0 Å². The molecule has 15 heteroatoms. The number of nitrogens with zero attached hydrogens (tertiary/aromatic N) is 1. The predicted molar refractivity (Wildman–Crippen MR) is 182 cm³/mol. The third kappa shape index (κ3) is 5.42. The summed E-state index contributed by atoms with van der Waals surface area (Å²) in [6, 6.07) is 16.7. The first-order valence-corrected chi connectivity index (χ1v) is 18.2. The molecule has 8 rings (SSSR count). The van der Waals surface area contributed by atoms with Crippen LogP contribution < -0.4 is 19.8 Å². The Balaban J connectivity index is 1.15. The fraction of sp³-hybridized carbons (Fsp3) is 0.294. The third-order valence-electron chi connectivity index (χ3n) is 9.97. The summed E-state index contributed by atoms with van der Waals surface area (Å²) in [6.45, 7) is -0.319. The van der Waals surface area contributed by atoms with E-state index in [2.05, 4.69) is 26.2 Å². The number of thiazole rings is 1. The highest BCUT2D eigenvalue weighted by atomic mass is 79.9. The molecule has 3 aromatic carbocycles. The number of hydrogen-bond donors (Lipinski definition) is 2. The van der Waals surface area contributed by atoms with Crippen LogP contribution >= 0.6 is 50.6 Å². The molecule has 2 N–H and O–H groups in total. The van der Waals surface area contributed by atoms with Crippen molar-refractivity contribution in [1.82, 2.24) is 4.98 Å². The first kappa shape index (κ1) is 32.6. The summed E-state index contributed by atoms with van der Waals surface area (Å²) in [5.41, 5.74) is -0.249. The third-order valence-corrected chi connectivity index (χ3v) is 13.3. The Hall–Kier alpha value is -3.59. The maximum Gasteiger partial charge on any atom is 0.418 e. The van der Waals surface area contributed by atoms with Gasteiger partial charge in [-0.05, 0) is 78.8 Å². The number of H-pyrrole nitrogens is 1. The van der Waals surface area contributed by atoms with Crippen molar-refractivity contribution in [1.29, 1.82) is 0 Å². The van der Waals surface area contributed by atoms with Gasteiger partial charge in [0.2, 0.25) is 11.8 Å². The molecular formula is C34H24BrClF3N3O5S2. The summed E-state index contributed by atoms with van der Waals surface area (Å²) in [5, 5.41) is 3.75. The van der Waals surface area contributed by atoms with E-state index in [1.54, 1.807) is 36.4 Å². The molecule has 7 atom stereocenters. The summed E-state index contributed by atoms with van der Waals surface area (Å²) in [7, 11) is 0. The zero-order valence-corrected chi connectivity index (χ0v) is 29.0. The number of nitrogens with one attached hydrogen (secondary N) is 2. The number of imide groups is 1. The average molecular weight is 791 g/mol. The van der Waals surface area contributed by atoms with E-state index in [4.69, 9.17) is 16.3 Å². The van der Waals surface area contributed by atoms with Gasteiger partial charge in [0, 0.05) is 36.8 Å². The first-order chi connectivity index (χ1) is 23.4. The minimum Gasteiger partial charge on any atom is -0.483 e. The molecule has 1 saturated heterocycles. The van der Waals surface area contributed by atoms with Gasteiger partial charge in [0.25, 0.3) is 5.91 Å². The number of aromatic amines is 1. The molecule has 0 radical (unpaired) electrons. The smallest absolute Gasteiger partial charge is 0.418 e. The van der Waals surface area contributed by atoms with E-state index in [1.807, 2.05) is 6.07 Å². The van der Waals surface area contributed by atoms with Crippen LogP contribution in [-0.2, 0) is 20.6 Å². The van der Waals surface area contributed by atoms with Crippen molar-refractivity contribution in [2.75, 3.05) is 16.8 Å². The lowest BCUT2D eigenvalue weighted by Crippen LogP contribution is -2.42. The Morgan fingerprint density at radius 1 is 1.02 bits per heavy atom. The van der Waals surface area contributed by atoms with Crippen molar-refractivity contribution >= 4 is 79.7 Å². The van der Waals surface area contributed by atoms with Gasteiger partial charge in [0.15, 0.2) is 6.61 Å². The lowest BCUT2D eigenvalue weighted by atomic mass is 9.68. The SMILES string of the molecule is O=C(COc1ccc(Br)cc1[C@H]1c2sc(=O)[nH]c2SC2C1[C@H]1C[C@@H]2C2C(=O)N(c3ccccc3C(F)(F)F)C(=O)C21)Nc1ccc(Cl)cc1. The van der Waals surface area contributed by atoms with Gasteiger partial charge in [-0.2, -0.15) is 13.2 Å². The lowest BCUT2D eigenvalue weighted by Gasteiger charge is -2.43. The van der Waals surface area contributed by atoms with Crippen LogP contribution in [0.25, 0.3) is 0 Å². The van der Waals surface area contributed by atoms with E-state index in [-0.39, 0.29) is 34.5 Å². The number of carbonyl (C=O) groups excluding carboxylic acids is 3. The highest BCUT2D eigenvalue weighted by molar-refractivity contribution is 9.10. The molecule has 252 valence electrons. The molecule has 2 aliphatic carbocycles. The number of rotatable bonds is 6. The van der Waals surface area contributed by atoms with Crippen LogP contribution in [0.2, 0.25) is 5.02 Å². The molecule has 0 spiro atoms. The molecule has 3 amide bonds. The van der Waals surface area contributed by atoms with Crippen LogP contribution in [0.15, 0.2) is 81.0 Å². The zero-order valence-electron chi connectivity index (χ0n) is 25.0. The normalized spacial score (nSPS) is 26.8. The molecule has 4 aliphatic rings. The van der Waals surface area contributed by atoms with Gasteiger partial charge in [0.05, 0.1) is 28.1 Å². The van der Waals surface area contributed by atoms with Crippen LogP contribution in [0, 0.1) is 29.6 Å². The number of ether oxygens (including phenoxy) is 1. The summed E-state index contributed by atoms with van der Waals surface area (Å²) in [4.78, 5) is 57.8. The molecule has 1 aromatic heterocycles. The summed E-state index contributed by atoms with van der Waals surface area (Å²) in [5.74, 6) is -4.15. The zero-order chi connectivity index (χ0) is 34.4. The van der Waals surface area contributed by atoms with E-state index >= 15 is 0 Å². The second-order valence-corrected chi connectivity index (χ2v) is 16.1. The maximum absolute atomic E-state index is 14.1. The molecule has 8 nitrogen and oxygen atoms in total. The molecule has 4 aromatic rings. The van der Waals surface area contributed by atoms with Crippen molar-refractivity contribution < 1.29 is 32.3 Å². The number of benzene rings is 3. The van der Waals surface area contributed by atoms with Crippen LogP contribution in [0.1, 0.15) is 28.3 Å². The van der Waals surface area contributed by atoms with Crippen molar-refractivity contribution in [3.05, 3.63) is 102 Å². The number of para-hydroxylation sites is 1. The average Bonchev–Trinajstić information content (AvgIpc) is 3.80. The van der Waals surface area contributed by atoms with Gasteiger partial charge in [-0.15, -0.1) is 11.8 Å². The van der Waals surface area contributed by atoms with Crippen molar-refractivity contribution in [2.45, 2.75) is 28.8 Å². The highest BCUT2D eigenvalue weighted by Crippen LogP contribution is 2.69. The second-order valence-electron chi connectivity index (χ2n) is 12.5. The Kier molecular flexibility index (Phi) is 8.00. The quantitative estimate of drug-likeness (QED) is 0.195. The lowest BCUT2D eigenvalue weighted by molar-refractivity contribution is -0.137. The Morgan fingerprint density at radius 3 is 2.47 bits per heavy atom. The number of alkyl halides is 3. The minimum absolute atomic E-state index is 0.205. The van der Waals surface area contributed by atoms with Crippen LogP contribution in [0.4, 0.5) is 24.5 Å². The van der Waals surface area contributed by atoms with E-state index in [0.29, 0.717) is 33.5 Å². The van der Waals surface area contributed by atoms with Gasteiger partial charge >= 0.3 is 11.0 Å². The summed E-state index contributed by atoms with van der Waals surface area (Å²) < 4.78 is 48.9. The molecule has 2 aliphatic heterocycles. The topological polar surface area (TPSA) is 109 Å². The van der Waals surface area contributed by atoms with Crippen molar-refractivity contribution in [3.63, 3.8) is 0 Å². The number of hydrogen-bond acceptors (Lipinski definition) is 7. The molecule has 2 bridgehead atoms. The van der Waals surface area contributed by atoms with E-state index in [1.165, 1.54) is 30.0 Å². The number of fused-ring (bicyclic) bond motifs is 9. The van der Waals surface area contributed by atoms with E-state index < -0.39 is 52.9 Å². The Morgan fingerprint density at radius 2 is 1.73 bits per heavy atom. The fourth-order valence-electron chi connectivity index (χ4n) is 8.28. The van der Waals surface area contributed by atoms with Gasteiger partial charge in [-0.3, -0.25) is 19.2 Å². The molecule has 2 saturated carbocycles. The van der Waals surface area contributed by atoms with Gasteiger partial charge in [0.1, 0.15) is 5.75 Å². The number of aromatic nitrogens is 1.